The van der Waals surface area contributed by atoms with Crippen LogP contribution in [0.4, 0.5) is 4.39 Å². The van der Waals surface area contributed by atoms with Gasteiger partial charge in [-0.25, -0.2) is 0 Å². The molecule has 2 aliphatic rings. The van der Waals surface area contributed by atoms with Gasteiger partial charge < -0.3 is 0 Å². The van der Waals surface area contributed by atoms with Gasteiger partial charge in [-0.05, 0) is 98.8 Å². The molecule has 0 amide bonds. The van der Waals surface area contributed by atoms with E-state index in [2.05, 4.69) is 18.2 Å². The molecule has 1 aromatic rings. The Bertz CT molecular complexity index is 777. The Morgan fingerprint density at radius 2 is 1.55 bits per heavy atom. The van der Waals surface area contributed by atoms with E-state index in [1.807, 2.05) is 18.2 Å². The first kappa shape index (κ1) is 21.3. The Hall–Kier alpha value is -2.39. The van der Waals surface area contributed by atoms with Gasteiger partial charge >= 0.3 is 0 Å². The van der Waals surface area contributed by atoms with E-state index in [0.717, 1.165) is 29.7 Å². The molecule has 0 unspecified atom stereocenters. The molecule has 0 aliphatic heterocycles. The van der Waals surface area contributed by atoms with Crippen LogP contribution in [-0.2, 0) is 0 Å². The van der Waals surface area contributed by atoms with Crippen LogP contribution in [0.15, 0.2) is 48.3 Å². The molecule has 0 radical (unpaired) electrons. The van der Waals surface area contributed by atoms with Crippen LogP contribution in [0.5, 0.6) is 0 Å². The zero-order chi connectivity index (χ0) is 20.5. The van der Waals surface area contributed by atoms with Gasteiger partial charge in [-0.2, -0.15) is 14.9 Å². The summed E-state index contributed by atoms with van der Waals surface area (Å²) in [4.78, 5) is 0. The van der Waals surface area contributed by atoms with Gasteiger partial charge in [-0.15, -0.1) is 0 Å². The van der Waals surface area contributed by atoms with Crippen LogP contribution >= 0.6 is 0 Å². The Morgan fingerprint density at radius 3 is 2.14 bits per heavy atom. The van der Waals surface area contributed by atoms with Gasteiger partial charge in [-0.1, -0.05) is 37.1 Å². The molecule has 2 nitrogen and oxygen atoms in total. The van der Waals surface area contributed by atoms with Gasteiger partial charge in [-0.3, -0.25) is 0 Å². The second-order valence-electron chi connectivity index (χ2n) is 8.76. The lowest BCUT2D eigenvalue weighted by Gasteiger charge is -2.38. The molecule has 29 heavy (non-hydrogen) atoms. The van der Waals surface area contributed by atoms with Gasteiger partial charge in [0.2, 0.25) is 0 Å². The molecule has 0 atom stereocenters. The van der Waals surface area contributed by atoms with E-state index in [1.165, 1.54) is 75.5 Å². The molecule has 0 aromatic heterocycles. The minimum Gasteiger partial charge on any atom is -0.195 e. The molecule has 3 rings (SSSR count). The number of hydrogen-bond acceptors (Lipinski definition) is 2. The smallest absolute Gasteiger partial charge is 0.195 e. The molecular weight excluding hydrogens is 359 g/mol. The highest BCUT2D eigenvalue weighted by Gasteiger charge is 2.31. The average Bonchev–Trinajstić information content (AvgIpc) is 2.79. The molecular formula is C26H31FN2. The van der Waals surface area contributed by atoms with E-state index in [1.54, 1.807) is 6.08 Å². The van der Waals surface area contributed by atoms with Crippen molar-refractivity contribution in [1.82, 2.24) is 0 Å². The normalized spacial score (nSPS) is 28.0. The highest BCUT2D eigenvalue weighted by atomic mass is 19.1. The third kappa shape index (κ3) is 6.30. The molecule has 152 valence electrons. The Labute approximate surface area is 174 Å². The van der Waals surface area contributed by atoms with Crippen molar-refractivity contribution in [2.45, 2.75) is 70.1 Å². The van der Waals surface area contributed by atoms with Gasteiger partial charge in [0.1, 0.15) is 6.07 Å². The Morgan fingerprint density at radius 1 is 0.931 bits per heavy atom. The fourth-order valence-electron chi connectivity index (χ4n) is 5.32. The monoisotopic (exact) mass is 390 g/mol. The molecule has 0 saturated heterocycles. The van der Waals surface area contributed by atoms with Crippen LogP contribution in [0.1, 0.15) is 81.3 Å². The molecule has 0 spiro atoms. The molecule has 0 N–H and O–H groups in total. The van der Waals surface area contributed by atoms with E-state index >= 15 is 0 Å². The summed E-state index contributed by atoms with van der Waals surface area (Å²) in [5, 5.41) is 17.3. The van der Waals surface area contributed by atoms with E-state index in [0.29, 0.717) is 5.92 Å². The van der Waals surface area contributed by atoms with Crippen LogP contribution in [0, 0.1) is 40.4 Å². The van der Waals surface area contributed by atoms with Crippen molar-refractivity contribution in [3.8, 4) is 12.1 Å². The summed E-state index contributed by atoms with van der Waals surface area (Å²) in [6, 6.07) is 11.9. The maximum absolute atomic E-state index is 12.7. The summed E-state index contributed by atoms with van der Waals surface area (Å²) in [6.45, 7) is 0. The van der Waals surface area contributed by atoms with Crippen molar-refractivity contribution in [3.63, 3.8) is 0 Å². The molecule has 2 saturated carbocycles. The lowest BCUT2D eigenvalue weighted by Crippen LogP contribution is -2.25. The van der Waals surface area contributed by atoms with Crippen LogP contribution in [0.3, 0.4) is 0 Å². The lowest BCUT2D eigenvalue weighted by atomic mass is 9.68. The number of halogens is 1. The van der Waals surface area contributed by atoms with Crippen molar-refractivity contribution in [2.24, 2.45) is 17.8 Å². The standard InChI is InChI=1S/C26H31FN2/c27-26(19-29)5-3-1-2-4-20-6-10-22(11-7-20)24-14-16-25(17-15-24)23-12-8-21(18-28)9-13-23/h1,3,5,8-9,12-13,20,22,24-25H,2,4,6-7,10-11,14-17H2/t20-,22-,24-,25-. The van der Waals surface area contributed by atoms with E-state index in [9.17, 15) is 4.39 Å². The zero-order valence-corrected chi connectivity index (χ0v) is 17.2. The predicted octanol–water partition coefficient (Wildman–Crippen LogP) is 7.35. The predicted molar refractivity (Wildman–Crippen MR) is 114 cm³/mol. The topological polar surface area (TPSA) is 47.6 Å². The van der Waals surface area contributed by atoms with Crippen LogP contribution in [0.2, 0.25) is 0 Å². The number of nitrogens with zero attached hydrogens (tertiary/aromatic N) is 2. The number of benzene rings is 1. The van der Waals surface area contributed by atoms with Gasteiger partial charge in [0.25, 0.3) is 0 Å². The fourth-order valence-corrected chi connectivity index (χ4v) is 5.32. The second-order valence-corrected chi connectivity index (χ2v) is 8.76. The van der Waals surface area contributed by atoms with Crippen molar-refractivity contribution >= 4 is 0 Å². The Balaban J connectivity index is 1.36. The summed E-state index contributed by atoms with van der Waals surface area (Å²) in [6.07, 6.45) is 17.7. The second kappa shape index (κ2) is 11.0. The minimum atomic E-state index is -0.726. The molecule has 3 heteroatoms. The van der Waals surface area contributed by atoms with Crippen LogP contribution in [0.25, 0.3) is 0 Å². The first-order chi connectivity index (χ1) is 14.2. The van der Waals surface area contributed by atoms with E-state index < -0.39 is 5.83 Å². The third-order valence-corrected chi connectivity index (χ3v) is 7.07. The first-order valence-corrected chi connectivity index (χ1v) is 11.1. The largest absolute Gasteiger partial charge is 0.199 e. The number of rotatable bonds is 6. The van der Waals surface area contributed by atoms with Gasteiger partial charge in [0, 0.05) is 0 Å². The quantitative estimate of drug-likeness (QED) is 0.376. The molecule has 0 heterocycles. The third-order valence-electron chi connectivity index (χ3n) is 7.07. The van der Waals surface area contributed by atoms with Gasteiger partial charge in [0.05, 0.1) is 11.6 Å². The van der Waals surface area contributed by atoms with E-state index in [4.69, 9.17) is 10.5 Å². The maximum atomic E-state index is 12.7. The number of hydrogen-bond donors (Lipinski definition) is 0. The van der Waals surface area contributed by atoms with Crippen molar-refractivity contribution in [2.75, 3.05) is 0 Å². The molecule has 1 aromatic carbocycles. The summed E-state index contributed by atoms with van der Waals surface area (Å²) in [5.41, 5.74) is 2.16. The van der Waals surface area contributed by atoms with Crippen LogP contribution < -0.4 is 0 Å². The van der Waals surface area contributed by atoms with Crippen molar-refractivity contribution in [1.29, 1.82) is 10.5 Å². The highest BCUT2D eigenvalue weighted by Crippen LogP contribution is 2.44. The first-order valence-electron chi connectivity index (χ1n) is 11.1. The summed E-state index contributed by atoms with van der Waals surface area (Å²) in [5.74, 6) is 2.54. The molecule has 2 fully saturated rings. The van der Waals surface area contributed by atoms with Crippen LogP contribution in [-0.4, -0.2) is 0 Å². The van der Waals surface area contributed by atoms with Crippen molar-refractivity contribution < 1.29 is 4.39 Å². The fraction of sp³-hybridized carbons (Fsp3) is 0.538. The number of nitriles is 2. The lowest BCUT2D eigenvalue weighted by molar-refractivity contribution is 0.157. The Kier molecular flexibility index (Phi) is 8.06. The minimum absolute atomic E-state index is 0.669. The summed E-state index contributed by atoms with van der Waals surface area (Å²) >= 11 is 0. The van der Waals surface area contributed by atoms with E-state index in [-0.39, 0.29) is 0 Å². The SMILES string of the molecule is N#CC(F)=CC=CCC[C@H]1CC[C@H]([C@H]2CC[C@H](c3ccc(C#N)cc3)CC2)CC1. The summed E-state index contributed by atoms with van der Waals surface area (Å²) in [7, 11) is 0. The van der Waals surface area contributed by atoms with Crippen molar-refractivity contribution in [3.05, 3.63) is 59.4 Å². The summed E-state index contributed by atoms with van der Waals surface area (Å²) < 4.78 is 12.7. The molecule has 0 bridgehead atoms. The zero-order valence-electron chi connectivity index (χ0n) is 17.2. The average molecular weight is 391 g/mol. The maximum Gasteiger partial charge on any atom is 0.199 e. The highest BCUT2D eigenvalue weighted by molar-refractivity contribution is 5.33. The molecule has 2 aliphatic carbocycles. The number of allylic oxidation sites excluding steroid dienone is 4. The van der Waals surface area contributed by atoms with Gasteiger partial charge in [0.15, 0.2) is 5.83 Å².